The lowest BCUT2D eigenvalue weighted by Crippen LogP contribution is -2.04. The minimum Gasteiger partial charge on any atom is -0.321 e. The Bertz CT molecular complexity index is 813. The lowest BCUT2D eigenvalue weighted by molar-refractivity contribution is 0.629. The predicted octanol–water partition coefficient (Wildman–Crippen LogP) is 6.00. The zero-order valence-electron chi connectivity index (χ0n) is 10.9. The van der Waals surface area contributed by atoms with Gasteiger partial charge in [0, 0.05) is 20.8 Å². The van der Waals surface area contributed by atoms with Gasteiger partial charge >= 0.3 is 0 Å². The quantitative estimate of drug-likeness (QED) is 0.486. The summed E-state index contributed by atoms with van der Waals surface area (Å²) in [6, 6.07) is 5.00. The fraction of sp³-hybridized carbons (Fsp3) is 0.214. The first-order chi connectivity index (χ1) is 9.95. The van der Waals surface area contributed by atoms with Gasteiger partial charge in [0.15, 0.2) is 0 Å². The molecule has 2 heterocycles. The molecule has 0 aliphatic rings. The zero-order chi connectivity index (χ0) is 15.1. The summed E-state index contributed by atoms with van der Waals surface area (Å²) in [4.78, 5) is 5.60. The molecular weight excluding hydrogens is 398 g/mol. The van der Waals surface area contributed by atoms with Gasteiger partial charge in [0.1, 0.15) is 11.6 Å². The summed E-state index contributed by atoms with van der Waals surface area (Å²) in [5, 5.41) is 1.83. The Balaban J connectivity index is 2.17. The van der Waals surface area contributed by atoms with E-state index in [4.69, 9.17) is 23.2 Å². The summed E-state index contributed by atoms with van der Waals surface area (Å²) < 4.78 is 16.6. The van der Waals surface area contributed by atoms with Crippen molar-refractivity contribution in [3.8, 4) is 0 Å². The average Bonchev–Trinajstić information content (AvgIpc) is 2.96. The number of rotatable bonds is 3. The van der Waals surface area contributed by atoms with Crippen LogP contribution in [0.25, 0.3) is 11.0 Å². The highest BCUT2D eigenvalue weighted by Gasteiger charge is 2.17. The van der Waals surface area contributed by atoms with Crippen LogP contribution in [0.1, 0.15) is 23.0 Å². The number of hydrogen-bond donors (Lipinski definition) is 0. The van der Waals surface area contributed by atoms with Crippen LogP contribution in [0.4, 0.5) is 4.39 Å². The monoisotopic (exact) mass is 406 g/mol. The number of imidazole rings is 1. The number of alkyl halides is 1. The van der Waals surface area contributed by atoms with Gasteiger partial charge in [0.2, 0.25) is 0 Å². The summed E-state index contributed by atoms with van der Waals surface area (Å²) in [5.74, 6) is 0.235. The summed E-state index contributed by atoms with van der Waals surface area (Å²) in [6.45, 7) is 2.47. The maximum absolute atomic E-state index is 13.6. The van der Waals surface area contributed by atoms with Gasteiger partial charge in [-0.2, -0.15) is 0 Å². The summed E-state index contributed by atoms with van der Waals surface area (Å²) in [7, 11) is 0. The van der Waals surface area contributed by atoms with Crippen LogP contribution in [0.2, 0.25) is 5.02 Å². The Morgan fingerprint density at radius 3 is 2.81 bits per heavy atom. The maximum atomic E-state index is 13.6. The highest BCUT2D eigenvalue weighted by atomic mass is 79.9. The SMILES string of the molecule is CC(Cl)c1nc2cc(F)c(Cl)cc2n1Cc1cc(Br)cs1. The fourth-order valence-electron chi connectivity index (χ4n) is 2.20. The molecule has 0 saturated carbocycles. The van der Waals surface area contributed by atoms with Gasteiger partial charge < -0.3 is 4.57 Å². The second-order valence-corrected chi connectivity index (χ2v) is 7.63. The number of aromatic nitrogens is 2. The van der Waals surface area contributed by atoms with E-state index in [0.717, 1.165) is 14.9 Å². The molecule has 3 rings (SSSR count). The van der Waals surface area contributed by atoms with E-state index in [-0.39, 0.29) is 10.4 Å². The molecule has 3 aromatic rings. The van der Waals surface area contributed by atoms with Crippen LogP contribution >= 0.6 is 50.5 Å². The van der Waals surface area contributed by atoms with Crippen LogP contribution in [0.15, 0.2) is 28.1 Å². The third kappa shape index (κ3) is 2.97. The van der Waals surface area contributed by atoms with Gasteiger partial charge in [-0.15, -0.1) is 22.9 Å². The molecule has 0 aliphatic carbocycles. The molecule has 1 aromatic carbocycles. The molecule has 21 heavy (non-hydrogen) atoms. The number of nitrogens with zero attached hydrogens (tertiary/aromatic N) is 2. The van der Waals surface area contributed by atoms with Crippen molar-refractivity contribution in [2.24, 2.45) is 0 Å². The molecule has 2 aromatic heterocycles. The Labute approximate surface area is 143 Å². The molecule has 0 amide bonds. The first-order valence-corrected chi connectivity index (χ1v) is 8.66. The molecule has 0 radical (unpaired) electrons. The Hall–Kier alpha value is -0.620. The average molecular weight is 408 g/mol. The second-order valence-electron chi connectivity index (χ2n) is 4.66. The number of fused-ring (bicyclic) bond motifs is 1. The van der Waals surface area contributed by atoms with Gasteiger partial charge in [0.25, 0.3) is 0 Å². The first kappa shape index (κ1) is 15.3. The van der Waals surface area contributed by atoms with Gasteiger partial charge in [-0.25, -0.2) is 9.37 Å². The van der Waals surface area contributed by atoms with Gasteiger partial charge in [-0.05, 0) is 35.0 Å². The molecule has 0 fully saturated rings. The number of halogens is 4. The largest absolute Gasteiger partial charge is 0.321 e. The molecule has 0 saturated heterocycles. The van der Waals surface area contributed by atoms with Crippen molar-refractivity contribution in [1.82, 2.24) is 9.55 Å². The molecule has 1 atom stereocenters. The van der Waals surface area contributed by atoms with E-state index in [1.165, 1.54) is 6.07 Å². The van der Waals surface area contributed by atoms with Crippen LogP contribution in [0.3, 0.4) is 0 Å². The van der Waals surface area contributed by atoms with Crippen molar-refractivity contribution >= 4 is 61.5 Å². The standard InChI is InChI=1S/C14H10BrCl2FN2S/c1-7(16)14-19-12-4-11(18)10(17)3-13(12)20(14)5-9-2-8(15)6-21-9/h2-4,6-7H,5H2,1H3. The van der Waals surface area contributed by atoms with E-state index >= 15 is 0 Å². The molecule has 0 spiro atoms. The highest BCUT2D eigenvalue weighted by Crippen LogP contribution is 2.30. The lowest BCUT2D eigenvalue weighted by atomic mass is 10.3. The molecule has 7 heteroatoms. The van der Waals surface area contributed by atoms with Crippen LogP contribution in [-0.2, 0) is 6.54 Å². The van der Waals surface area contributed by atoms with Crippen molar-refractivity contribution < 1.29 is 4.39 Å². The number of thiophene rings is 1. The zero-order valence-corrected chi connectivity index (χ0v) is 14.8. The summed E-state index contributed by atoms with van der Waals surface area (Å²) in [5.41, 5.74) is 1.35. The molecular formula is C14H10BrCl2FN2S. The molecule has 0 N–H and O–H groups in total. The van der Waals surface area contributed by atoms with Gasteiger partial charge in [0.05, 0.1) is 28.0 Å². The normalized spacial score (nSPS) is 13.0. The molecule has 1 unspecified atom stereocenters. The van der Waals surface area contributed by atoms with Gasteiger partial charge in [-0.3, -0.25) is 0 Å². The van der Waals surface area contributed by atoms with E-state index in [1.807, 2.05) is 22.9 Å². The van der Waals surface area contributed by atoms with Crippen LogP contribution < -0.4 is 0 Å². The summed E-state index contributed by atoms with van der Waals surface area (Å²) >= 11 is 17.2. The van der Waals surface area contributed by atoms with E-state index in [1.54, 1.807) is 17.4 Å². The van der Waals surface area contributed by atoms with E-state index in [2.05, 4.69) is 20.9 Å². The van der Waals surface area contributed by atoms with E-state index in [0.29, 0.717) is 17.9 Å². The van der Waals surface area contributed by atoms with Crippen molar-refractivity contribution in [1.29, 1.82) is 0 Å². The maximum Gasteiger partial charge on any atom is 0.144 e. The van der Waals surface area contributed by atoms with Gasteiger partial charge in [-0.1, -0.05) is 11.6 Å². The molecule has 110 valence electrons. The Kier molecular flexibility index (Phi) is 4.28. The van der Waals surface area contributed by atoms with E-state index < -0.39 is 5.82 Å². The van der Waals surface area contributed by atoms with Crippen molar-refractivity contribution in [3.63, 3.8) is 0 Å². The van der Waals surface area contributed by atoms with Crippen LogP contribution in [0, 0.1) is 5.82 Å². The van der Waals surface area contributed by atoms with Crippen molar-refractivity contribution in [3.05, 3.63) is 49.6 Å². The Morgan fingerprint density at radius 2 is 2.19 bits per heavy atom. The van der Waals surface area contributed by atoms with Crippen LogP contribution in [0.5, 0.6) is 0 Å². The molecule has 0 aliphatic heterocycles. The number of benzene rings is 1. The highest BCUT2D eigenvalue weighted by molar-refractivity contribution is 9.10. The van der Waals surface area contributed by atoms with Crippen molar-refractivity contribution in [2.75, 3.05) is 0 Å². The van der Waals surface area contributed by atoms with Crippen molar-refractivity contribution in [2.45, 2.75) is 18.8 Å². The van der Waals surface area contributed by atoms with Crippen LogP contribution in [-0.4, -0.2) is 9.55 Å². The molecule has 2 nitrogen and oxygen atoms in total. The Morgan fingerprint density at radius 1 is 1.43 bits per heavy atom. The topological polar surface area (TPSA) is 17.8 Å². The third-order valence-electron chi connectivity index (χ3n) is 3.11. The minimum atomic E-state index is -0.471. The predicted molar refractivity (Wildman–Crippen MR) is 90.1 cm³/mol. The summed E-state index contributed by atoms with van der Waals surface area (Å²) in [6.07, 6.45) is 0. The second kappa shape index (κ2) is 5.88. The first-order valence-electron chi connectivity index (χ1n) is 6.18. The fourth-order valence-corrected chi connectivity index (χ4v) is 3.96. The lowest BCUT2D eigenvalue weighted by Gasteiger charge is -2.09. The van der Waals surface area contributed by atoms with E-state index in [9.17, 15) is 4.39 Å². The third-order valence-corrected chi connectivity index (χ3v) is 5.28. The number of hydrogen-bond acceptors (Lipinski definition) is 2. The molecule has 0 bridgehead atoms. The minimum absolute atomic E-state index is 0.0878. The smallest absolute Gasteiger partial charge is 0.144 e.